The Balaban J connectivity index is 2.06. The number of alkyl halides is 3. The quantitative estimate of drug-likeness (QED) is 0.594. The van der Waals surface area contributed by atoms with Gasteiger partial charge in [0.25, 0.3) is 0 Å². The summed E-state index contributed by atoms with van der Waals surface area (Å²) in [5.74, 6) is -3.08. The summed E-state index contributed by atoms with van der Waals surface area (Å²) in [6.45, 7) is 0. The third-order valence-electron chi connectivity index (χ3n) is 3.76. The zero-order chi connectivity index (χ0) is 16.4. The molecule has 116 valence electrons. The van der Waals surface area contributed by atoms with Gasteiger partial charge in [-0.15, -0.1) is 0 Å². The van der Waals surface area contributed by atoms with E-state index in [0.29, 0.717) is 0 Å². The lowest BCUT2D eigenvalue weighted by molar-refractivity contribution is -0.139. The second-order valence-electron chi connectivity index (χ2n) is 5.31. The summed E-state index contributed by atoms with van der Waals surface area (Å²) in [4.78, 5) is 12.5. The van der Waals surface area contributed by atoms with Gasteiger partial charge in [0.05, 0.1) is 0 Å². The molecule has 0 aliphatic rings. The lowest BCUT2D eigenvalue weighted by Crippen LogP contribution is -2.28. The summed E-state index contributed by atoms with van der Waals surface area (Å²) in [5, 5.41) is 1.62. The van der Waals surface area contributed by atoms with Crippen LogP contribution >= 0.6 is 0 Å². The van der Waals surface area contributed by atoms with E-state index in [9.17, 15) is 18.0 Å². The molecule has 0 N–H and O–H groups in total. The lowest BCUT2D eigenvalue weighted by Gasteiger charge is -2.19. The Morgan fingerprint density at radius 2 is 1.39 bits per heavy atom. The van der Waals surface area contributed by atoms with E-state index in [1.807, 2.05) is 12.1 Å². The van der Waals surface area contributed by atoms with Gasteiger partial charge in [0.15, 0.2) is 5.78 Å². The molecule has 3 rings (SSSR count). The highest BCUT2D eigenvalue weighted by atomic mass is 19.4. The molecule has 0 fully saturated rings. The highest BCUT2D eigenvalue weighted by molar-refractivity contribution is 6.04. The fraction of sp³-hybridized carbons (Fsp3) is 0.105. The number of rotatable bonds is 3. The first-order valence-corrected chi connectivity index (χ1v) is 7.11. The number of fused-ring (bicyclic) bond motifs is 1. The molecule has 0 saturated carbocycles. The molecule has 0 aliphatic heterocycles. The number of hydrogen-bond donors (Lipinski definition) is 0. The van der Waals surface area contributed by atoms with Gasteiger partial charge in [0.2, 0.25) is 0 Å². The summed E-state index contributed by atoms with van der Waals surface area (Å²) in [7, 11) is 0. The van der Waals surface area contributed by atoms with Gasteiger partial charge in [0, 0.05) is 5.56 Å². The molecule has 23 heavy (non-hydrogen) atoms. The predicted octanol–water partition coefficient (Wildman–Crippen LogP) is 5.37. The molecule has 4 heteroatoms. The Labute approximate surface area is 131 Å². The molecule has 0 heterocycles. The van der Waals surface area contributed by atoms with Crippen molar-refractivity contribution in [3.05, 3.63) is 83.9 Å². The number of carbonyl (C=O) groups excluding carboxylic acids is 1. The highest BCUT2D eigenvalue weighted by Gasteiger charge is 2.45. The summed E-state index contributed by atoms with van der Waals surface area (Å²) >= 11 is 0. The molecule has 0 bridgehead atoms. The van der Waals surface area contributed by atoms with E-state index in [0.717, 1.165) is 10.8 Å². The summed E-state index contributed by atoms with van der Waals surface area (Å²) in [6, 6.07) is 19.2. The number of hydrogen-bond acceptors (Lipinski definition) is 1. The van der Waals surface area contributed by atoms with E-state index >= 15 is 0 Å². The third-order valence-corrected chi connectivity index (χ3v) is 3.76. The van der Waals surface area contributed by atoms with Gasteiger partial charge in [-0.3, -0.25) is 4.79 Å². The fourth-order valence-corrected chi connectivity index (χ4v) is 2.64. The summed E-state index contributed by atoms with van der Waals surface area (Å²) in [5.41, 5.74) is 0.0213. The van der Waals surface area contributed by atoms with Crippen molar-refractivity contribution in [2.24, 2.45) is 0 Å². The van der Waals surface area contributed by atoms with Crippen molar-refractivity contribution >= 4 is 16.6 Å². The van der Waals surface area contributed by atoms with Gasteiger partial charge in [-0.2, -0.15) is 13.2 Å². The SMILES string of the molecule is O=C(c1ccc2ccccc2c1)[C@@H](c1ccccc1)C(F)(F)F. The first kappa shape index (κ1) is 15.3. The van der Waals surface area contributed by atoms with Crippen LogP contribution in [0.25, 0.3) is 10.8 Å². The van der Waals surface area contributed by atoms with Crippen molar-refractivity contribution in [3.63, 3.8) is 0 Å². The van der Waals surface area contributed by atoms with Crippen LogP contribution in [0.4, 0.5) is 13.2 Å². The van der Waals surface area contributed by atoms with Crippen LogP contribution in [-0.4, -0.2) is 12.0 Å². The van der Waals surface area contributed by atoms with Crippen LogP contribution in [0.5, 0.6) is 0 Å². The van der Waals surface area contributed by atoms with Gasteiger partial charge >= 0.3 is 6.18 Å². The molecule has 0 aliphatic carbocycles. The molecule has 0 amide bonds. The Morgan fingerprint density at radius 3 is 2.04 bits per heavy atom. The average molecular weight is 314 g/mol. The Bertz CT molecular complexity index is 838. The largest absolute Gasteiger partial charge is 0.402 e. The van der Waals surface area contributed by atoms with Crippen molar-refractivity contribution in [1.82, 2.24) is 0 Å². The molecule has 1 nitrogen and oxygen atoms in total. The number of benzene rings is 3. The first-order valence-electron chi connectivity index (χ1n) is 7.11. The van der Waals surface area contributed by atoms with Crippen molar-refractivity contribution in [2.45, 2.75) is 12.1 Å². The van der Waals surface area contributed by atoms with Gasteiger partial charge in [-0.25, -0.2) is 0 Å². The number of halogens is 3. The Kier molecular flexibility index (Phi) is 3.90. The molecule has 3 aromatic carbocycles. The average Bonchev–Trinajstić information content (AvgIpc) is 2.54. The first-order chi connectivity index (χ1) is 11.0. The van der Waals surface area contributed by atoms with Crippen molar-refractivity contribution in [3.8, 4) is 0 Å². The molecular weight excluding hydrogens is 301 g/mol. The predicted molar refractivity (Wildman–Crippen MR) is 83.5 cm³/mol. The van der Waals surface area contributed by atoms with Gasteiger partial charge < -0.3 is 0 Å². The number of ketones is 1. The molecule has 0 saturated heterocycles. The maximum absolute atomic E-state index is 13.4. The second kappa shape index (κ2) is 5.88. The van der Waals surface area contributed by atoms with Crippen LogP contribution in [0.2, 0.25) is 0 Å². The minimum Gasteiger partial charge on any atom is -0.293 e. The maximum Gasteiger partial charge on any atom is 0.402 e. The smallest absolute Gasteiger partial charge is 0.293 e. The third kappa shape index (κ3) is 3.11. The molecule has 1 atom stereocenters. The van der Waals surface area contributed by atoms with E-state index in [1.54, 1.807) is 24.3 Å². The van der Waals surface area contributed by atoms with Crippen molar-refractivity contribution in [1.29, 1.82) is 0 Å². The maximum atomic E-state index is 13.4. The lowest BCUT2D eigenvalue weighted by atomic mass is 9.89. The van der Waals surface area contributed by atoms with Gasteiger partial charge in [-0.05, 0) is 22.4 Å². The molecule has 3 aromatic rings. The second-order valence-corrected chi connectivity index (χ2v) is 5.31. The topological polar surface area (TPSA) is 17.1 Å². The minimum absolute atomic E-state index is 0.0434. The molecule has 0 radical (unpaired) electrons. The van der Waals surface area contributed by atoms with Crippen LogP contribution in [0.1, 0.15) is 21.8 Å². The summed E-state index contributed by atoms with van der Waals surface area (Å²) in [6.07, 6.45) is -4.63. The van der Waals surface area contributed by atoms with E-state index in [4.69, 9.17) is 0 Å². The van der Waals surface area contributed by atoms with E-state index in [1.165, 1.54) is 36.4 Å². The fourth-order valence-electron chi connectivity index (χ4n) is 2.64. The number of Topliss-reactive ketones (excluding diaryl/α,β-unsaturated/α-hetero) is 1. The van der Waals surface area contributed by atoms with Crippen molar-refractivity contribution in [2.75, 3.05) is 0 Å². The van der Waals surface area contributed by atoms with Crippen LogP contribution in [0.3, 0.4) is 0 Å². The Hall–Kier alpha value is -2.62. The van der Waals surface area contributed by atoms with Crippen LogP contribution < -0.4 is 0 Å². The van der Waals surface area contributed by atoms with Crippen LogP contribution in [0, 0.1) is 0 Å². The molecule has 0 spiro atoms. The van der Waals surface area contributed by atoms with Crippen LogP contribution in [-0.2, 0) is 0 Å². The number of carbonyl (C=O) groups is 1. The van der Waals surface area contributed by atoms with Crippen LogP contribution in [0.15, 0.2) is 72.8 Å². The van der Waals surface area contributed by atoms with E-state index < -0.39 is 17.9 Å². The van der Waals surface area contributed by atoms with Gasteiger partial charge in [0.1, 0.15) is 5.92 Å². The zero-order valence-corrected chi connectivity index (χ0v) is 12.0. The summed E-state index contributed by atoms with van der Waals surface area (Å²) < 4.78 is 40.3. The molecule has 0 unspecified atom stereocenters. The monoisotopic (exact) mass is 314 g/mol. The normalized spacial score (nSPS) is 13.0. The minimum atomic E-state index is -4.63. The Morgan fingerprint density at radius 1 is 0.783 bits per heavy atom. The zero-order valence-electron chi connectivity index (χ0n) is 12.0. The van der Waals surface area contributed by atoms with E-state index in [2.05, 4.69) is 0 Å². The molecule has 0 aromatic heterocycles. The van der Waals surface area contributed by atoms with Gasteiger partial charge in [-0.1, -0.05) is 66.7 Å². The van der Waals surface area contributed by atoms with Crippen molar-refractivity contribution < 1.29 is 18.0 Å². The molecular formula is C19H13F3O. The highest BCUT2D eigenvalue weighted by Crippen LogP contribution is 2.37. The van der Waals surface area contributed by atoms with E-state index in [-0.39, 0.29) is 11.1 Å². The standard InChI is InChI=1S/C19H13F3O/c20-19(21,22)17(14-7-2-1-3-8-14)18(23)16-11-10-13-6-4-5-9-15(13)12-16/h1-12,17H/t17-/m1/s1.